The summed E-state index contributed by atoms with van der Waals surface area (Å²) in [6, 6.07) is 4.93. The van der Waals surface area contributed by atoms with E-state index >= 15 is 0 Å². The van der Waals surface area contributed by atoms with Gasteiger partial charge in [0, 0.05) is 10.6 Å². The van der Waals surface area contributed by atoms with Crippen molar-refractivity contribution in [1.82, 2.24) is 19.7 Å². The van der Waals surface area contributed by atoms with Crippen LogP contribution in [0.3, 0.4) is 0 Å². The van der Waals surface area contributed by atoms with E-state index in [4.69, 9.17) is 11.6 Å². The minimum Gasteiger partial charge on any atom is -0.382 e. The molecule has 3 rings (SSSR count). The first-order valence-electron chi connectivity index (χ1n) is 11.2. The fourth-order valence-electron chi connectivity index (χ4n) is 3.59. The zero-order valence-corrected chi connectivity index (χ0v) is 20.9. The quantitative estimate of drug-likeness (QED) is 0.329. The highest BCUT2D eigenvalue weighted by Gasteiger charge is 2.45. The van der Waals surface area contributed by atoms with Crippen molar-refractivity contribution in [3.05, 3.63) is 75.2 Å². The Hall–Kier alpha value is -3.57. The predicted octanol–water partition coefficient (Wildman–Crippen LogP) is 4.09. The molecule has 224 valence electrons. The molecule has 0 aliphatic heterocycles. The van der Waals surface area contributed by atoms with Crippen LogP contribution in [0.25, 0.3) is 11.4 Å². The molecule has 1 heterocycles. The van der Waals surface area contributed by atoms with Gasteiger partial charge >= 0.3 is 24.2 Å². The van der Waals surface area contributed by atoms with E-state index in [0.29, 0.717) is 10.6 Å². The molecule has 0 saturated carbocycles. The molecule has 3 aromatic rings. The molecule has 2 aromatic carbocycles. The Labute approximate surface area is 228 Å². The summed E-state index contributed by atoms with van der Waals surface area (Å²) in [5.41, 5.74) is -3.55. The molecule has 0 fully saturated rings. The van der Waals surface area contributed by atoms with E-state index in [2.05, 4.69) is 5.10 Å². The number of halogens is 10. The van der Waals surface area contributed by atoms with Crippen molar-refractivity contribution in [1.29, 1.82) is 0 Å². The van der Waals surface area contributed by atoms with Gasteiger partial charge in [0.05, 0.1) is 18.2 Å². The van der Waals surface area contributed by atoms with Gasteiger partial charge in [-0.05, 0) is 42.0 Å². The second-order valence-electron chi connectivity index (χ2n) is 8.59. The first-order valence-corrected chi connectivity index (χ1v) is 11.6. The molecule has 0 radical (unpaired) electrons. The van der Waals surface area contributed by atoms with Gasteiger partial charge in [-0.2, -0.15) is 39.5 Å². The molecular weight excluding hydrogens is 603 g/mol. The van der Waals surface area contributed by atoms with Gasteiger partial charge in [-0.25, -0.2) is 9.48 Å². The van der Waals surface area contributed by atoms with E-state index < -0.39 is 78.4 Å². The molecule has 1 aromatic heterocycles. The second kappa shape index (κ2) is 11.7. The second-order valence-corrected chi connectivity index (χ2v) is 9.03. The lowest BCUT2D eigenvalue weighted by Gasteiger charge is -2.26. The van der Waals surface area contributed by atoms with Crippen molar-refractivity contribution >= 4 is 17.5 Å². The van der Waals surface area contributed by atoms with Crippen molar-refractivity contribution in [2.24, 2.45) is 0 Å². The lowest BCUT2D eigenvalue weighted by molar-refractivity contribution is -0.213. The maximum Gasteiger partial charge on any atom is 0.416 e. The summed E-state index contributed by atoms with van der Waals surface area (Å²) >= 11 is 5.78. The molecule has 18 heteroatoms. The number of carbonyl (C=O) groups is 1. The van der Waals surface area contributed by atoms with Gasteiger partial charge in [0.2, 0.25) is 5.91 Å². The molecule has 0 aliphatic rings. The van der Waals surface area contributed by atoms with Gasteiger partial charge in [0.25, 0.3) is 0 Å². The van der Waals surface area contributed by atoms with Crippen LogP contribution in [-0.2, 0) is 24.1 Å². The van der Waals surface area contributed by atoms with Crippen molar-refractivity contribution in [2.45, 2.75) is 49.9 Å². The van der Waals surface area contributed by atoms with E-state index in [1.807, 2.05) is 0 Å². The molecule has 0 spiro atoms. The lowest BCUT2D eigenvalue weighted by atomic mass is 9.98. The highest BCUT2D eigenvalue weighted by atomic mass is 35.5. The van der Waals surface area contributed by atoms with Gasteiger partial charge in [0.1, 0.15) is 6.54 Å². The highest BCUT2D eigenvalue weighted by molar-refractivity contribution is 6.30. The van der Waals surface area contributed by atoms with Crippen molar-refractivity contribution in [3.63, 3.8) is 0 Å². The first kappa shape index (κ1) is 32.0. The van der Waals surface area contributed by atoms with E-state index in [1.54, 1.807) is 5.32 Å². The topological polar surface area (TPSA) is 109 Å². The van der Waals surface area contributed by atoms with Crippen LogP contribution in [0.15, 0.2) is 53.3 Å². The van der Waals surface area contributed by atoms with Crippen LogP contribution in [0.1, 0.15) is 17.2 Å². The number of nitrogens with zero attached hydrogens (tertiary/aromatic N) is 3. The minimum atomic E-state index is -5.42. The van der Waals surface area contributed by atoms with E-state index in [1.165, 1.54) is 24.3 Å². The molecule has 41 heavy (non-hydrogen) atoms. The Morgan fingerprint density at radius 1 is 0.951 bits per heavy atom. The summed E-state index contributed by atoms with van der Waals surface area (Å²) < 4.78 is 119. The maximum atomic E-state index is 13.3. The average Bonchev–Trinajstić information content (AvgIpc) is 3.15. The number of alkyl halides is 9. The molecule has 1 amide bonds. The Balaban J connectivity index is 1.99. The van der Waals surface area contributed by atoms with Gasteiger partial charge in [-0.1, -0.05) is 23.7 Å². The number of hydrogen-bond acceptors (Lipinski definition) is 5. The number of amides is 1. The molecule has 0 aliphatic carbocycles. The fourth-order valence-corrected chi connectivity index (χ4v) is 3.72. The number of carbonyl (C=O) groups excluding carboxylic acids is 1. The van der Waals surface area contributed by atoms with E-state index in [9.17, 15) is 59.3 Å². The number of hydrogen-bond donors (Lipinski definition) is 3. The maximum absolute atomic E-state index is 13.3. The SMILES string of the molecule is O=C(Cn1nc(-c2ccc(Cl)cc2)n(C[C@H](O)C(F)(F)F)c1=O)NC(c1cccc(C(F)(F)F)c1)C(O)C(F)(F)F. The largest absolute Gasteiger partial charge is 0.416 e. The third kappa shape index (κ3) is 7.80. The predicted molar refractivity (Wildman–Crippen MR) is 123 cm³/mol. The normalized spacial score (nSPS) is 14.9. The van der Waals surface area contributed by atoms with Crippen LogP contribution in [0.5, 0.6) is 0 Å². The minimum absolute atomic E-state index is 0.00867. The summed E-state index contributed by atoms with van der Waals surface area (Å²) in [6.45, 7) is -2.60. The monoisotopic (exact) mass is 620 g/mol. The third-order valence-electron chi connectivity index (χ3n) is 5.59. The summed E-state index contributed by atoms with van der Waals surface area (Å²) in [5.74, 6) is -1.95. The van der Waals surface area contributed by atoms with E-state index in [-0.39, 0.29) is 21.3 Å². The first-order chi connectivity index (χ1) is 18.8. The summed E-state index contributed by atoms with van der Waals surface area (Å²) in [6.07, 6.45) is -22.0. The molecule has 0 saturated heterocycles. The van der Waals surface area contributed by atoms with Crippen LogP contribution < -0.4 is 11.0 Å². The molecule has 3 atom stereocenters. The fraction of sp³-hybridized carbons (Fsp3) is 0.348. The lowest BCUT2D eigenvalue weighted by Crippen LogP contribution is -2.45. The number of rotatable bonds is 8. The number of nitrogens with one attached hydrogen (secondary N) is 1. The smallest absolute Gasteiger partial charge is 0.382 e. The van der Waals surface area contributed by atoms with Gasteiger partial charge in [-0.3, -0.25) is 9.36 Å². The summed E-state index contributed by atoms with van der Waals surface area (Å²) in [4.78, 5) is 25.5. The zero-order valence-electron chi connectivity index (χ0n) is 20.1. The zero-order chi connectivity index (χ0) is 30.9. The Bertz CT molecular complexity index is 1430. The van der Waals surface area contributed by atoms with Gasteiger partial charge < -0.3 is 15.5 Å². The summed E-state index contributed by atoms with van der Waals surface area (Å²) in [7, 11) is 0. The number of aromatic nitrogens is 3. The Kier molecular flexibility index (Phi) is 9.14. The van der Waals surface area contributed by atoms with Crippen LogP contribution in [0.2, 0.25) is 5.02 Å². The third-order valence-corrected chi connectivity index (χ3v) is 5.84. The standard InChI is InChI=1S/C23H18ClF9N4O4/c24-14-6-4-11(5-7-14)19-35-37(20(41)36(19)9-15(38)22(28,29)30)10-16(39)34-17(18(40)23(31,32)33)12-2-1-3-13(8-12)21(25,26)27/h1-8,15,17-18,38,40H,9-10H2,(H,34,39)/t15-,17?,18?/m0/s1. The van der Waals surface area contributed by atoms with E-state index in [0.717, 1.165) is 12.1 Å². The van der Waals surface area contributed by atoms with Crippen LogP contribution >= 0.6 is 11.6 Å². The van der Waals surface area contributed by atoms with Gasteiger partial charge in [-0.15, -0.1) is 5.10 Å². The van der Waals surface area contributed by atoms with Crippen LogP contribution in [0, 0.1) is 0 Å². The molecular formula is C23H18ClF9N4O4. The average molecular weight is 621 g/mol. The molecule has 2 unspecified atom stereocenters. The molecule has 0 bridgehead atoms. The number of benzene rings is 2. The Morgan fingerprint density at radius 2 is 1.56 bits per heavy atom. The van der Waals surface area contributed by atoms with Crippen molar-refractivity contribution < 1.29 is 54.5 Å². The molecule has 3 N–H and O–H groups in total. The number of aliphatic hydroxyl groups excluding tert-OH is 2. The van der Waals surface area contributed by atoms with Gasteiger partial charge in [0.15, 0.2) is 18.0 Å². The summed E-state index contributed by atoms with van der Waals surface area (Å²) in [5, 5.41) is 25.0. The molecule has 8 nitrogen and oxygen atoms in total. The number of aliphatic hydroxyl groups is 2. The van der Waals surface area contributed by atoms with Crippen molar-refractivity contribution in [2.75, 3.05) is 0 Å². The van der Waals surface area contributed by atoms with Crippen LogP contribution in [0.4, 0.5) is 39.5 Å². The van der Waals surface area contributed by atoms with Crippen LogP contribution in [-0.4, -0.2) is 55.0 Å². The highest BCUT2D eigenvalue weighted by Crippen LogP contribution is 2.34. The van der Waals surface area contributed by atoms with Crippen molar-refractivity contribution in [3.8, 4) is 11.4 Å². The Morgan fingerprint density at radius 3 is 2.10 bits per heavy atom.